The van der Waals surface area contributed by atoms with Crippen LogP contribution in [0.1, 0.15) is 35.3 Å². The van der Waals surface area contributed by atoms with Crippen LogP contribution in [0.4, 0.5) is 0 Å². The van der Waals surface area contributed by atoms with Crippen LogP contribution in [-0.2, 0) is 5.54 Å². The number of carbonyl (C=O) groups excluding carboxylic acids is 1. The van der Waals surface area contributed by atoms with E-state index in [0.29, 0.717) is 5.56 Å². The summed E-state index contributed by atoms with van der Waals surface area (Å²) >= 11 is 6.91. The number of hydrogen-bond acceptors (Lipinski definition) is 1. The molecule has 1 amide bonds. The largest absolute Gasteiger partial charge is 0.343 e. The number of aryl methyl sites for hydroxylation is 1. The maximum Gasteiger partial charge on any atom is 0.253 e. The van der Waals surface area contributed by atoms with E-state index in [4.69, 9.17) is 0 Å². The molecular weight excluding hydrogens is 394 g/mol. The molecule has 110 valence electrons. The second-order valence-corrected chi connectivity index (χ2v) is 7.23. The van der Waals surface area contributed by atoms with Gasteiger partial charge in [-0.25, -0.2) is 0 Å². The van der Waals surface area contributed by atoms with Crippen molar-refractivity contribution in [2.24, 2.45) is 0 Å². The van der Waals surface area contributed by atoms with Gasteiger partial charge in [0.25, 0.3) is 5.91 Å². The average molecular weight is 411 g/mol. The van der Waals surface area contributed by atoms with Crippen LogP contribution in [0, 0.1) is 6.92 Å². The fourth-order valence-electron chi connectivity index (χ4n) is 2.11. The van der Waals surface area contributed by atoms with E-state index in [1.807, 2.05) is 63.2 Å². The standard InChI is InChI=1S/C17H17Br2NO/c1-11-5-4-6-14(15(11)19)16(21)20-17(2,3)12-7-9-13(18)10-8-12/h4-10H,1-3H3,(H,20,21). The monoisotopic (exact) mass is 409 g/mol. The number of hydrogen-bond donors (Lipinski definition) is 1. The van der Waals surface area contributed by atoms with Crippen molar-refractivity contribution in [3.63, 3.8) is 0 Å². The highest BCUT2D eigenvalue weighted by molar-refractivity contribution is 9.10. The number of halogens is 2. The molecule has 2 aromatic carbocycles. The predicted octanol–water partition coefficient (Wildman–Crippen LogP) is 5.19. The Morgan fingerprint density at radius 2 is 1.67 bits per heavy atom. The lowest BCUT2D eigenvalue weighted by Crippen LogP contribution is -2.41. The molecule has 4 heteroatoms. The normalized spacial score (nSPS) is 11.3. The smallest absolute Gasteiger partial charge is 0.253 e. The van der Waals surface area contributed by atoms with E-state index in [-0.39, 0.29) is 5.91 Å². The molecule has 1 N–H and O–H groups in total. The zero-order valence-corrected chi connectivity index (χ0v) is 15.4. The molecule has 0 saturated carbocycles. The Hall–Kier alpha value is -1.13. The van der Waals surface area contributed by atoms with Crippen LogP contribution < -0.4 is 5.32 Å². The highest BCUT2D eigenvalue weighted by Gasteiger charge is 2.24. The van der Waals surface area contributed by atoms with E-state index >= 15 is 0 Å². The van der Waals surface area contributed by atoms with Gasteiger partial charge in [-0.2, -0.15) is 0 Å². The van der Waals surface area contributed by atoms with Crippen LogP contribution in [0.2, 0.25) is 0 Å². The Morgan fingerprint density at radius 3 is 2.29 bits per heavy atom. The lowest BCUT2D eigenvalue weighted by atomic mass is 9.94. The minimum Gasteiger partial charge on any atom is -0.343 e. The SMILES string of the molecule is Cc1cccc(C(=O)NC(C)(C)c2ccc(Br)cc2)c1Br. The van der Waals surface area contributed by atoms with Gasteiger partial charge in [-0.15, -0.1) is 0 Å². The first-order valence-corrected chi connectivity index (χ1v) is 8.23. The molecule has 2 aromatic rings. The summed E-state index contributed by atoms with van der Waals surface area (Å²) in [5.74, 6) is -0.0847. The zero-order chi connectivity index (χ0) is 15.6. The maximum absolute atomic E-state index is 12.5. The summed E-state index contributed by atoms with van der Waals surface area (Å²) in [5, 5.41) is 3.09. The lowest BCUT2D eigenvalue weighted by Gasteiger charge is -2.27. The second kappa shape index (κ2) is 6.32. The highest BCUT2D eigenvalue weighted by atomic mass is 79.9. The Bertz CT molecular complexity index is 663. The number of amides is 1. The van der Waals surface area contributed by atoms with E-state index in [9.17, 15) is 4.79 Å². The molecule has 0 aliphatic heterocycles. The highest BCUT2D eigenvalue weighted by Crippen LogP contribution is 2.25. The molecule has 0 aromatic heterocycles. The van der Waals surface area contributed by atoms with Crippen LogP contribution in [0.5, 0.6) is 0 Å². The molecule has 0 fully saturated rings. The molecular formula is C17H17Br2NO. The number of benzene rings is 2. The molecule has 0 saturated heterocycles. The van der Waals surface area contributed by atoms with Gasteiger partial charge in [-0.1, -0.05) is 40.2 Å². The summed E-state index contributed by atoms with van der Waals surface area (Å²) in [5.41, 5.74) is 2.31. The molecule has 0 bridgehead atoms. The number of carbonyl (C=O) groups is 1. The van der Waals surface area contributed by atoms with Gasteiger partial charge in [-0.3, -0.25) is 4.79 Å². The second-order valence-electron chi connectivity index (χ2n) is 5.52. The van der Waals surface area contributed by atoms with Gasteiger partial charge in [0.15, 0.2) is 0 Å². The maximum atomic E-state index is 12.5. The predicted molar refractivity (Wildman–Crippen MR) is 93.5 cm³/mol. The first-order valence-electron chi connectivity index (χ1n) is 6.65. The molecule has 2 nitrogen and oxygen atoms in total. The summed E-state index contributed by atoms with van der Waals surface area (Å²) in [7, 11) is 0. The van der Waals surface area contributed by atoms with Crippen molar-refractivity contribution in [1.82, 2.24) is 5.32 Å². The van der Waals surface area contributed by atoms with Crippen LogP contribution >= 0.6 is 31.9 Å². The van der Waals surface area contributed by atoms with Crippen molar-refractivity contribution in [3.05, 3.63) is 68.1 Å². The van der Waals surface area contributed by atoms with Crippen LogP contribution in [-0.4, -0.2) is 5.91 Å². The average Bonchev–Trinajstić information content (AvgIpc) is 2.41. The number of rotatable bonds is 3. The van der Waals surface area contributed by atoms with Gasteiger partial charge in [0.1, 0.15) is 0 Å². The summed E-state index contributed by atoms with van der Waals surface area (Å²) in [6, 6.07) is 13.7. The molecule has 2 rings (SSSR count). The van der Waals surface area contributed by atoms with Gasteiger partial charge < -0.3 is 5.32 Å². The lowest BCUT2D eigenvalue weighted by molar-refractivity contribution is 0.0911. The van der Waals surface area contributed by atoms with Gasteiger partial charge in [-0.05, 0) is 66.0 Å². The summed E-state index contributed by atoms with van der Waals surface area (Å²) in [6.07, 6.45) is 0. The summed E-state index contributed by atoms with van der Waals surface area (Å²) in [6.45, 7) is 5.97. The Labute approximate surface area is 142 Å². The zero-order valence-electron chi connectivity index (χ0n) is 12.2. The van der Waals surface area contributed by atoms with Crippen molar-refractivity contribution >= 4 is 37.8 Å². The van der Waals surface area contributed by atoms with Gasteiger partial charge in [0.05, 0.1) is 11.1 Å². The van der Waals surface area contributed by atoms with E-state index in [0.717, 1.165) is 20.1 Å². The first kappa shape index (κ1) is 16.2. The summed E-state index contributed by atoms with van der Waals surface area (Å²) < 4.78 is 1.86. The van der Waals surface area contributed by atoms with Gasteiger partial charge in [0, 0.05) is 8.95 Å². The van der Waals surface area contributed by atoms with Crippen LogP contribution in [0.25, 0.3) is 0 Å². The molecule has 21 heavy (non-hydrogen) atoms. The van der Waals surface area contributed by atoms with E-state index in [1.54, 1.807) is 0 Å². The van der Waals surface area contributed by atoms with Crippen molar-refractivity contribution in [2.45, 2.75) is 26.3 Å². The summed E-state index contributed by atoms with van der Waals surface area (Å²) in [4.78, 5) is 12.5. The third kappa shape index (κ3) is 3.74. The molecule has 0 heterocycles. The van der Waals surface area contributed by atoms with Crippen LogP contribution in [0.3, 0.4) is 0 Å². The van der Waals surface area contributed by atoms with Crippen molar-refractivity contribution in [2.75, 3.05) is 0 Å². The fraction of sp³-hybridized carbons (Fsp3) is 0.235. The quantitative estimate of drug-likeness (QED) is 0.741. The van der Waals surface area contributed by atoms with Crippen molar-refractivity contribution < 1.29 is 4.79 Å². The van der Waals surface area contributed by atoms with E-state index in [2.05, 4.69) is 37.2 Å². The third-order valence-electron chi connectivity index (χ3n) is 3.43. The Morgan fingerprint density at radius 1 is 1.05 bits per heavy atom. The number of nitrogens with one attached hydrogen (secondary N) is 1. The third-order valence-corrected chi connectivity index (χ3v) is 5.01. The minimum atomic E-state index is -0.443. The topological polar surface area (TPSA) is 29.1 Å². The Balaban J connectivity index is 2.25. The van der Waals surface area contributed by atoms with Crippen LogP contribution in [0.15, 0.2) is 51.4 Å². The van der Waals surface area contributed by atoms with Crippen molar-refractivity contribution in [1.29, 1.82) is 0 Å². The molecule has 0 unspecified atom stereocenters. The van der Waals surface area contributed by atoms with E-state index in [1.165, 1.54) is 0 Å². The molecule has 0 atom stereocenters. The van der Waals surface area contributed by atoms with Gasteiger partial charge in [0.2, 0.25) is 0 Å². The Kier molecular flexibility index (Phi) is 4.89. The molecule has 0 aliphatic carbocycles. The molecule has 0 spiro atoms. The molecule has 0 radical (unpaired) electrons. The molecule has 0 aliphatic rings. The van der Waals surface area contributed by atoms with E-state index < -0.39 is 5.54 Å². The minimum absolute atomic E-state index is 0.0847. The van der Waals surface area contributed by atoms with Crippen molar-refractivity contribution in [3.8, 4) is 0 Å². The fourth-order valence-corrected chi connectivity index (χ4v) is 2.82. The van der Waals surface area contributed by atoms with Gasteiger partial charge >= 0.3 is 0 Å². The first-order chi connectivity index (χ1) is 9.81.